The number of aryl methyl sites for hydroxylation is 1. The summed E-state index contributed by atoms with van der Waals surface area (Å²) < 4.78 is 7.58. The SMILES string of the molecule is Cc1ccc(-c2nc(OCC(C)C)nn2-c2ccc(NC(=O)C3CCCC3)cc2)cc1. The summed E-state index contributed by atoms with van der Waals surface area (Å²) in [6.45, 7) is 6.81. The van der Waals surface area contributed by atoms with Gasteiger partial charge in [0.15, 0.2) is 5.82 Å². The molecule has 1 aromatic heterocycles. The van der Waals surface area contributed by atoms with Gasteiger partial charge in [-0.1, -0.05) is 56.5 Å². The van der Waals surface area contributed by atoms with Crippen molar-refractivity contribution >= 4 is 11.6 Å². The van der Waals surface area contributed by atoms with E-state index in [1.54, 1.807) is 4.68 Å². The highest BCUT2D eigenvalue weighted by molar-refractivity contribution is 5.92. The lowest BCUT2D eigenvalue weighted by molar-refractivity contribution is -0.119. The van der Waals surface area contributed by atoms with E-state index in [0.717, 1.165) is 48.4 Å². The molecule has 0 aliphatic heterocycles. The average molecular weight is 419 g/mol. The molecule has 1 amide bonds. The molecule has 1 aliphatic rings. The normalized spacial score (nSPS) is 14.2. The van der Waals surface area contributed by atoms with Crippen LogP contribution in [0.15, 0.2) is 48.5 Å². The number of carbonyl (C=O) groups excluding carboxylic acids is 1. The van der Waals surface area contributed by atoms with E-state index >= 15 is 0 Å². The van der Waals surface area contributed by atoms with Crippen LogP contribution < -0.4 is 10.1 Å². The second-order valence-electron chi connectivity index (χ2n) is 8.72. The van der Waals surface area contributed by atoms with Crippen LogP contribution in [-0.2, 0) is 4.79 Å². The average Bonchev–Trinajstić information content (AvgIpc) is 3.44. The quantitative estimate of drug-likeness (QED) is 0.557. The molecular formula is C25H30N4O2. The summed E-state index contributed by atoms with van der Waals surface area (Å²) >= 11 is 0. The Morgan fingerprint density at radius 3 is 2.42 bits per heavy atom. The fourth-order valence-electron chi connectivity index (χ4n) is 3.78. The summed E-state index contributed by atoms with van der Waals surface area (Å²) in [5.74, 6) is 1.37. The minimum Gasteiger partial charge on any atom is -0.462 e. The van der Waals surface area contributed by atoms with Crippen LogP contribution in [-0.4, -0.2) is 27.3 Å². The number of nitrogens with zero attached hydrogens (tertiary/aromatic N) is 3. The summed E-state index contributed by atoms with van der Waals surface area (Å²) in [5.41, 5.74) is 3.82. The number of hydrogen-bond donors (Lipinski definition) is 1. The Balaban J connectivity index is 1.59. The number of hydrogen-bond acceptors (Lipinski definition) is 4. The van der Waals surface area contributed by atoms with Crippen molar-refractivity contribution in [1.29, 1.82) is 0 Å². The Bertz CT molecular complexity index is 1020. The van der Waals surface area contributed by atoms with E-state index in [2.05, 4.69) is 48.3 Å². The van der Waals surface area contributed by atoms with Gasteiger partial charge in [0.1, 0.15) is 0 Å². The van der Waals surface area contributed by atoms with E-state index in [1.165, 1.54) is 5.56 Å². The van der Waals surface area contributed by atoms with Gasteiger partial charge in [-0.25, -0.2) is 4.68 Å². The smallest absolute Gasteiger partial charge is 0.336 e. The fraction of sp³-hybridized carbons (Fsp3) is 0.400. The van der Waals surface area contributed by atoms with Gasteiger partial charge in [0.2, 0.25) is 5.91 Å². The van der Waals surface area contributed by atoms with E-state index in [-0.39, 0.29) is 11.8 Å². The zero-order valence-corrected chi connectivity index (χ0v) is 18.5. The molecule has 0 saturated heterocycles. The summed E-state index contributed by atoms with van der Waals surface area (Å²) in [6.07, 6.45) is 4.27. The van der Waals surface area contributed by atoms with Crippen LogP contribution in [0.3, 0.4) is 0 Å². The molecule has 162 valence electrons. The zero-order chi connectivity index (χ0) is 21.8. The Hall–Kier alpha value is -3.15. The number of rotatable bonds is 7. The molecule has 6 nitrogen and oxygen atoms in total. The van der Waals surface area contributed by atoms with Crippen molar-refractivity contribution in [3.05, 3.63) is 54.1 Å². The molecule has 1 saturated carbocycles. The number of anilines is 1. The standard InChI is InChI=1S/C25H30N4O2/c1-17(2)16-31-25-27-23(19-10-8-18(3)9-11-19)29(28-25)22-14-12-21(13-15-22)26-24(30)20-6-4-5-7-20/h8-15,17,20H,4-7,16H2,1-3H3,(H,26,30). The van der Waals surface area contributed by atoms with E-state index < -0.39 is 0 Å². The summed E-state index contributed by atoms with van der Waals surface area (Å²) in [5, 5.41) is 7.64. The molecule has 1 aliphatic carbocycles. The van der Waals surface area contributed by atoms with Crippen LogP contribution >= 0.6 is 0 Å². The van der Waals surface area contributed by atoms with Gasteiger partial charge in [0.25, 0.3) is 0 Å². The number of amides is 1. The Morgan fingerprint density at radius 2 is 1.77 bits per heavy atom. The third-order valence-electron chi connectivity index (χ3n) is 5.55. The van der Waals surface area contributed by atoms with Crippen LogP contribution in [0.4, 0.5) is 5.69 Å². The highest BCUT2D eigenvalue weighted by Crippen LogP contribution is 2.27. The number of ether oxygens (including phenoxy) is 1. The molecule has 1 heterocycles. The lowest BCUT2D eigenvalue weighted by Gasteiger charge is -2.11. The molecule has 0 bridgehead atoms. The number of carbonyl (C=O) groups is 1. The first kappa shape index (κ1) is 21.1. The van der Waals surface area contributed by atoms with Crippen LogP contribution in [0.5, 0.6) is 6.01 Å². The molecule has 6 heteroatoms. The minimum atomic E-state index is 0.121. The predicted octanol–water partition coefficient (Wildman–Crippen LogP) is 5.41. The van der Waals surface area contributed by atoms with Crippen molar-refractivity contribution in [3.63, 3.8) is 0 Å². The first-order valence-corrected chi connectivity index (χ1v) is 11.1. The Kier molecular flexibility index (Phi) is 6.35. The van der Waals surface area contributed by atoms with Gasteiger partial charge in [0, 0.05) is 17.2 Å². The maximum atomic E-state index is 12.4. The first-order valence-electron chi connectivity index (χ1n) is 11.1. The molecule has 1 N–H and O–H groups in total. The van der Waals surface area contributed by atoms with E-state index in [1.807, 2.05) is 36.4 Å². The highest BCUT2D eigenvalue weighted by atomic mass is 16.5. The molecule has 3 aromatic rings. The van der Waals surface area contributed by atoms with Crippen LogP contribution in [0.2, 0.25) is 0 Å². The van der Waals surface area contributed by atoms with Crippen molar-refractivity contribution in [1.82, 2.24) is 14.8 Å². The van der Waals surface area contributed by atoms with Crippen molar-refractivity contribution in [2.75, 3.05) is 11.9 Å². The van der Waals surface area contributed by atoms with E-state index in [9.17, 15) is 4.79 Å². The van der Waals surface area contributed by atoms with Crippen molar-refractivity contribution in [2.45, 2.75) is 46.5 Å². The lowest BCUT2D eigenvalue weighted by Crippen LogP contribution is -2.20. The second kappa shape index (κ2) is 9.33. The van der Waals surface area contributed by atoms with Gasteiger partial charge in [0.05, 0.1) is 12.3 Å². The van der Waals surface area contributed by atoms with Crippen molar-refractivity contribution in [3.8, 4) is 23.1 Å². The molecule has 4 rings (SSSR count). The molecule has 0 atom stereocenters. The molecule has 1 fully saturated rings. The predicted molar refractivity (Wildman–Crippen MR) is 122 cm³/mol. The van der Waals surface area contributed by atoms with Crippen molar-refractivity contribution < 1.29 is 9.53 Å². The number of nitrogens with one attached hydrogen (secondary N) is 1. The summed E-state index contributed by atoms with van der Waals surface area (Å²) in [6, 6.07) is 16.3. The second-order valence-corrected chi connectivity index (χ2v) is 8.72. The lowest BCUT2D eigenvalue weighted by atomic mass is 10.1. The summed E-state index contributed by atoms with van der Waals surface area (Å²) in [7, 11) is 0. The van der Waals surface area contributed by atoms with Gasteiger partial charge in [-0.2, -0.15) is 4.98 Å². The third-order valence-corrected chi connectivity index (χ3v) is 5.55. The molecule has 31 heavy (non-hydrogen) atoms. The van der Waals surface area contributed by atoms with Gasteiger partial charge in [-0.05, 0) is 49.9 Å². The maximum absolute atomic E-state index is 12.4. The number of benzene rings is 2. The molecule has 0 radical (unpaired) electrons. The zero-order valence-electron chi connectivity index (χ0n) is 18.5. The monoisotopic (exact) mass is 418 g/mol. The van der Waals surface area contributed by atoms with Crippen LogP contribution in [0, 0.1) is 18.8 Å². The highest BCUT2D eigenvalue weighted by Gasteiger charge is 2.22. The van der Waals surface area contributed by atoms with Gasteiger partial charge >= 0.3 is 6.01 Å². The topological polar surface area (TPSA) is 69.0 Å². The maximum Gasteiger partial charge on any atom is 0.336 e. The molecular weight excluding hydrogens is 388 g/mol. The number of aromatic nitrogens is 3. The van der Waals surface area contributed by atoms with Gasteiger partial charge in [-0.3, -0.25) is 4.79 Å². The first-order chi connectivity index (χ1) is 15.0. The summed E-state index contributed by atoms with van der Waals surface area (Å²) in [4.78, 5) is 17.1. The molecule has 2 aromatic carbocycles. The third kappa shape index (κ3) is 5.13. The van der Waals surface area contributed by atoms with Crippen LogP contribution in [0.25, 0.3) is 17.1 Å². The minimum absolute atomic E-state index is 0.121. The largest absolute Gasteiger partial charge is 0.462 e. The van der Waals surface area contributed by atoms with Crippen LogP contribution in [0.1, 0.15) is 45.1 Å². The van der Waals surface area contributed by atoms with Crippen molar-refractivity contribution in [2.24, 2.45) is 11.8 Å². The fourth-order valence-corrected chi connectivity index (χ4v) is 3.78. The Morgan fingerprint density at radius 1 is 1.10 bits per heavy atom. The molecule has 0 spiro atoms. The van der Waals surface area contributed by atoms with Gasteiger partial charge in [-0.15, -0.1) is 5.10 Å². The molecule has 0 unspecified atom stereocenters. The van der Waals surface area contributed by atoms with E-state index in [0.29, 0.717) is 18.5 Å². The van der Waals surface area contributed by atoms with E-state index in [4.69, 9.17) is 4.74 Å². The van der Waals surface area contributed by atoms with Gasteiger partial charge < -0.3 is 10.1 Å². The Labute approximate surface area is 183 Å².